The molecule has 0 radical (unpaired) electrons. The summed E-state index contributed by atoms with van der Waals surface area (Å²) in [5.74, 6) is -0.296. The van der Waals surface area contributed by atoms with Gasteiger partial charge < -0.3 is 29.7 Å². The van der Waals surface area contributed by atoms with Crippen molar-refractivity contribution in [1.29, 1.82) is 0 Å². The van der Waals surface area contributed by atoms with Crippen LogP contribution in [0.3, 0.4) is 0 Å². The third-order valence-corrected chi connectivity index (χ3v) is 11.5. The second-order valence-electron chi connectivity index (χ2n) is 16.3. The molecule has 12 heteroatoms. The van der Waals surface area contributed by atoms with Gasteiger partial charge >= 0.3 is 0 Å². The Morgan fingerprint density at radius 1 is 1.04 bits per heavy atom. The molecule has 1 aliphatic carbocycles. The van der Waals surface area contributed by atoms with Crippen molar-refractivity contribution in [3.63, 3.8) is 0 Å². The quantitative estimate of drug-likeness (QED) is 0.211. The van der Waals surface area contributed by atoms with E-state index in [-0.39, 0.29) is 30.2 Å². The number of amides is 2. The van der Waals surface area contributed by atoms with Crippen molar-refractivity contribution in [2.45, 2.75) is 103 Å². The molecule has 2 amide bonds. The van der Waals surface area contributed by atoms with Crippen LogP contribution >= 0.6 is 11.6 Å². The lowest BCUT2D eigenvalue weighted by Crippen LogP contribution is -2.70. The number of rotatable bonds is 10. The van der Waals surface area contributed by atoms with Gasteiger partial charge in [0.1, 0.15) is 0 Å². The smallest absolute Gasteiger partial charge is 0.254 e. The number of carbonyl (C=O) groups is 2. The number of hydrogen-bond acceptors (Lipinski definition) is 9. The molecular weight excluding hydrogens is 684 g/mol. The lowest BCUT2D eigenvalue weighted by Gasteiger charge is -2.60. The van der Waals surface area contributed by atoms with E-state index in [1.807, 2.05) is 64.1 Å². The summed E-state index contributed by atoms with van der Waals surface area (Å²) < 4.78 is 19.5. The summed E-state index contributed by atoms with van der Waals surface area (Å²) in [4.78, 5) is 45.1. The number of aromatic nitrogens is 1. The second kappa shape index (κ2) is 14.5. The van der Waals surface area contributed by atoms with Gasteiger partial charge in [0.25, 0.3) is 5.91 Å². The number of pyridine rings is 1. The Hall–Kier alpha value is -3.32. The highest BCUT2D eigenvalue weighted by atomic mass is 35.5. The van der Waals surface area contributed by atoms with E-state index in [1.54, 1.807) is 23.2 Å². The van der Waals surface area contributed by atoms with Crippen molar-refractivity contribution in [2.24, 2.45) is 23.7 Å². The van der Waals surface area contributed by atoms with Gasteiger partial charge in [-0.25, -0.2) is 9.78 Å². The van der Waals surface area contributed by atoms with Crippen LogP contribution in [0.2, 0.25) is 5.02 Å². The number of halogens is 1. The predicted molar refractivity (Wildman–Crippen MR) is 197 cm³/mol. The van der Waals surface area contributed by atoms with Gasteiger partial charge in [0.2, 0.25) is 11.7 Å². The van der Waals surface area contributed by atoms with Gasteiger partial charge in [0.15, 0.2) is 18.2 Å². The lowest BCUT2D eigenvalue weighted by atomic mass is 9.58. The van der Waals surface area contributed by atoms with Gasteiger partial charge in [0.05, 0.1) is 18.7 Å². The standard InChI is InChI=1S/C40H51ClN4O7/c1-24-7-14-31-25(2)36(49-37-40(31)30(24)15-17-39(6,50-37)51-52-40)48-23-26-8-10-27(11-9-26)35(47)45(22-34(46)44-38(3,4)5)20-19-43-32-16-18-42-33-21-28(41)12-13-29(32)33/h8-13,16,18,21,24-25,30-31,36-37H,7,14-15,17,19-20,22-23H2,1-6H3,(H,42,43)(H,44,46)/t24-,25-,30+,31+,36+,37-,39-,40-/m1/s1. The molecule has 1 aromatic heterocycles. The Balaban J connectivity index is 1.01. The number of ether oxygens (including phenoxy) is 3. The average Bonchev–Trinajstić information content (AvgIpc) is 3.33. The molecule has 5 aliphatic rings. The number of anilines is 1. The first-order valence-electron chi connectivity index (χ1n) is 18.5. The zero-order valence-corrected chi connectivity index (χ0v) is 31.7. The van der Waals surface area contributed by atoms with Crippen molar-refractivity contribution in [1.82, 2.24) is 15.2 Å². The Morgan fingerprint density at radius 2 is 1.83 bits per heavy atom. The summed E-state index contributed by atoms with van der Waals surface area (Å²) in [7, 11) is 0. The van der Waals surface area contributed by atoms with E-state index in [0.29, 0.717) is 42.1 Å². The molecular formula is C40H51ClN4O7. The summed E-state index contributed by atoms with van der Waals surface area (Å²) in [5, 5.41) is 7.92. The zero-order valence-electron chi connectivity index (χ0n) is 30.9. The molecule has 5 fully saturated rings. The molecule has 4 aliphatic heterocycles. The Bertz CT molecular complexity index is 1790. The first-order valence-corrected chi connectivity index (χ1v) is 18.9. The van der Waals surface area contributed by atoms with Crippen LogP contribution in [0.25, 0.3) is 10.9 Å². The van der Waals surface area contributed by atoms with Crippen LogP contribution in [-0.4, -0.2) is 70.8 Å². The van der Waals surface area contributed by atoms with Crippen LogP contribution in [-0.2, 0) is 35.4 Å². The van der Waals surface area contributed by atoms with Crippen LogP contribution in [0.4, 0.5) is 5.69 Å². The maximum atomic E-state index is 13.9. The fraction of sp³-hybridized carbons (Fsp3) is 0.575. The molecule has 1 spiro atoms. The van der Waals surface area contributed by atoms with Gasteiger partial charge in [-0.05, 0) is 101 Å². The van der Waals surface area contributed by atoms with Crippen molar-refractivity contribution < 1.29 is 33.6 Å². The second-order valence-corrected chi connectivity index (χ2v) is 16.7. The molecule has 2 N–H and O–H groups in total. The largest absolute Gasteiger partial charge is 0.383 e. The predicted octanol–water partition coefficient (Wildman–Crippen LogP) is 7.08. The van der Waals surface area contributed by atoms with Crippen LogP contribution < -0.4 is 10.6 Å². The number of fused-ring (bicyclic) bond motifs is 3. The van der Waals surface area contributed by atoms with Crippen LogP contribution in [0.1, 0.15) is 83.1 Å². The van der Waals surface area contributed by atoms with E-state index in [9.17, 15) is 9.59 Å². The van der Waals surface area contributed by atoms with E-state index >= 15 is 0 Å². The molecule has 3 aromatic rings. The fourth-order valence-electron chi connectivity index (χ4n) is 8.65. The fourth-order valence-corrected chi connectivity index (χ4v) is 8.82. The molecule has 8 atom stereocenters. The number of hydrogen-bond donors (Lipinski definition) is 2. The molecule has 5 heterocycles. The highest BCUT2D eigenvalue weighted by molar-refractivity contribution is 6.31. The van der Waals surface area contributed by atoms with Gasteiger partial charge in [0, 0.05) is 64.7 Å². The van der Waals surface area contributed by atoms with E-state index in [1.165, 1.54) is 0 Å². The van der Waals surface area contributed by atoms with Crippen molar-refractivity contribution in [3.8, 4) is 0 Å². The third kappa shape index (κ3) is 7.41. The molecule has 4 saturated heterocycles. The minimum atomic E-state index is -0.843. The Labute approximate surface area is 310 Å². The first kappa shape index (κ1) is 37.0. The molecule has 2 aromatic carbocycles. The minimum Gasteiger partial charge on any atom is -0.383 e. The topological polar surface area (TPSA) is 120 Å². The van der Waals surface area contributed by atoms with Crippen molar-refractivity contribution in [2.75, 3.05) is 25.0 Å². The Morgan fingerprint density at radius 3 is 2.60 bits per heavy atom. The molecule has 1 saturated carbocycles. The van der Waals surface area contributed by atoms with Gasteiger partial charge in [-0.1, -0.05) is 37.6 Å². The number of nitrogens with one attached hydrogen (secondary N) is 2. The van der Waals surface area contributed by atoms with E-state index in [2.05, 4.69) is 29.5 Å². The number of nitrogens with zero attached hydrogens (tertiary/aromatic N) is 2. The lowest BCUT2D eigenvalue weighted by molar-refractivity contribution is -0.577. The summed E-state index contributed by atoms with van der Waals surface area (Å²) >= 11 is 6.17. The van der Waals surface area contributed by atoms with Crippen LogP contribution in [0.15, 0.2) is 54.7 Å². The maximum Gasteiger partial charge on any atom is 0.254 e. The highest BCUT2D eigenvalue weighted by Gasteiger charge is 2.69. The normalized spacial score (nSPS) is 31.1. The van der Waals surface area contributed by atoms with Gasteiger partial charge in [-0.15, -0.1) is 0 Å². The SMILES string of the molecule is C[C@H]1[C@@H](OCc2ccc(C(=O)N(CCNc3ccnc4cc(Cl)ccc34)CC(=O)NC(C)(C)C)cc2)O[C@@H]2O[C@@]3(C)CC[C@H]4[C@H](C)CC[C@@H]1[C@@]24OO3. The Kier molecular flexibility index (Phi) is 10.3. The minimum absolute atomic E-state index is 0.0612. The van der Waals surface area contributed by atoms with Crippen LogP contribution in [0.5, 0.6) is 0 Å². The zero-order chi connectivity index (χ0) is 36.8. The number of carbonyl (C=O) groups excluding carboxylic acids is 2. The van der Waals surface area contributed by atoms with E-state index in [4.69, 9.17) is 35.6 Å². The summed E-state index contributed by atoms with van der Waals surface area (Å²) in [6.07, 6.45) is 4.51. The monoisotopic (exact) mass is 734 g/mol. The van der Waals surface area contributed by atoms with Crippen molar-refractivity contribution in [3.05, 3.63) is 70.9 Å². The summed E-state index contributed by atoms with van der Waals surface area (Å²) in [6.45, 7) is 13.1. The third-order valence-electron chi connectivity index (χ3n) is 11.3. The number of benzene rings is 2. The summed E-state index contributed by atoms with van der Waals surface area (Å²) in [5.41, 5.74) is 1.96. The first-order chi connectivity index (χ1) is 24.7. The molecule has 52 heavy (non-hydrogen) atoms. The van der Waals surface area contributed by atoms with Crippen LogP contribution in [0, 0.1) is 23.7 Å². The highest BCUT2D eigenvalue weighted by Crippen LogP contribution is 2.60. The van der Waals surface area contributed by atoms with Crippen molar-refractivity contribution >= 4 is 40.0 Å². The van der Waals surface area contributed by atoms with E-state index in [0.717, 1.165) is 47.8 Å². The summed E-state index contributed by atoms with van der Waals surface area (Å²) in [6, 6.07) is 14.8. The molecule has 8 rings (SSSR count). The maximum absolute atomic E-state index is 13.9. The van der Waals surface area contributed by atoms with Gasteiger partial charge in [-0.2, -0.15) is 0 Å². The van der Waals surface area contributed by atoms with Gasteiger partial charge in [-0.3, -0.25) is 14.6 Å². The molecule has 11 nitrogen and oxygen atoms in total. The molecule has 0 unspecified atom stereocenters. The average molecular weight is 735 g/mol. The van der Waals surface area contributed by atoms with E-state index < -0.39 is 29.5 Å². The molecule has 280 valence electrons. The molecule has 2 bridgehead atoms.